The maximum absolute atomic E-state index is 12.5. The molecule has 0 radical (unpaired) electrons. The van der Waals surface area contributed by atoms with Crippen LogP contribution in [0.5, 0.6) is 0 Å². The topological polar surface area (TPSA) is 134 Å². The number of ether oxygens (including phenoxy) is 2. The number of allylic oxidation sites excluding steroid dienone is 10. The van der Waals surface area contributed by atoms with E-state index >= 15 is 0 Å². The van der Waals surface area contributed by atoms with Crippen molar-refractivity contribution in [2.24, 2.45) is 5.73 Å². The molecular weight excluding hydrogens is 689 g/mol. The van der Waals surface area contributed by atoms with Crippen molar-refractivity contribution < 1.29 is 37.6 Å². The first-order valence-corrected chi connectivity index (χ1v) is 22.3. The summed E-state index contributed by atoms with van der Waals surface area (Å²) in [6.07, 6.45) is 45.4. The van der Waals surface area contributed by atoms with Gasteiger partial charge in [0.05, 0.1) is 13.2 Å². The van der Waals surface area contributed by atoms with Crippen molar-refractivity contribution in [3.8, 4) is 0 Å². The SMILES string of the molecule is CCCCC/C=C\C/C=C\C/C=C\C/C=C\CCCC(=O)OC[C@H](COP(=O)(O)OCCN)OC(=O)CCCCCCC/C=C\CCCCCCCC. The van der Waals surface area contributed by atoms with Gasteiger partial charge < -0.3 is 20.1 Å². The molecule has 2 atom stereocenters. The van der Waals surface area contributed by atoms with Crippen LogP contribution in [0.1, 0.15) is 168 Å². The minimum Gasteiger partial charge on any atom is -0.462 e. The number of phosphoric ester groups is 1. The Morgan fingerprint density at radius 3 is 1.57 bits per heavy atom. The molecule has 0 bridgehead atoms. The van der Waals surface area contributed by atoms with Gasteiger partial charge in [-0.3, -0.25) is 18.6 Å². The molecule has 9 nitrogen and oxygen atoms in total. The quantitative estimate of drug-likeness (QED) is 0.0272. The lowest BCUT2D eigenvalue weighted by atomic mass is 10.1. The molecule has 0 aromatic rings. The van der Waals surface area contributed by atoms with E-state index in [1.54, 1.807) is 0 Å². The van der Waals surface area contributed by atoms with Crippen LogP contribution in [0.3, 0.4) is 0 Å². The lowest BCUT2D eigenvalue weighted by Gasteiger charge is -2.19. The molecular formula is C43H76NO8P. The van der Waals surface area contributed by atoms with E-state index in [0.29, 0.717) is 12.8 Å². The molecule has 0 amide bonds. The third kappa shape index (κ3) is 39.2. The molecule has 0 saturated carbocycles. The largest absolute Gasteiger partial charge is 0.472 e. The van der Waals surface area contributed by atoms with E-state index in [1.807, 2.05) is 6.08 Å². The second-order valence-electron chi connectivity index (χ2n) is 13.5. The Kier molecular flexibility index (Phi) is 37.7. The summed E-state index contributed by atoms with van der Waals surface area (Å²) in [6.45, 7) is 3.61. The van der Waals surface area contributed by atoms with Crippen molar-refractivity contribution in [1.82, 2.24) is 0 Å². The number of rotatable bonds is 38. The van der Waals surface area contributed by atoms with Gasteiger partial charge in [-0.25, -0.2) is 4.57 Å². The second-order valence-corrected chi connectivity index (χ2v) is 14.9. The normalized spacial score (nSPS) is 14.0. The Morgan fingerprint density at radius 1 is 0.566 bits per heavy atom. The van der Waals surface area contributed by atoms with Crippen molar-refractivity contribution in [3.05, 3.63) is 60.8 Å². The lowest BCUT2D eigenvalue weighted by molar-refractivity contribution is -0.161. The van der Waals surface area contributed by atoms with Crippen LogP contribution in [-0.4, -0.2) is 49.3 Å². The van der Waals surface area contributed by atoms with Crippen LogP contribution < -0.4 is 5.73 Å². The molecule has 0 aliphatic heterocycles. The minimum absolute atomic E-state index is 0.0426. The van der Waals surface area contributed by atoms with Gasteiger partial charge in [0.25, 0.3) is 0 Å². The van der Waals surface area contributed by atoms with Crippen molar-refractivity contribution >= 4 is 19.8 Å². The van der Waals surface area contributed by atoms with Crippen LogP contribution >= 0.6 is 7.82 Å². The van der Waals surface area contributed by atoms with Crippen molar-refractivity contribution in [2.75, 3.05) is 26.4 Å². The molecule has 0 saturated heterocycles. The summed E-state index contributed by atoms with van der Waals surface area (Å²) in [7, 11) is -4.39. The first kappa shape index (κ1) is 50.7. The summed E-state index contributed by atoms with van der Waals surface area (Å²) in [5.41, 5.74) is 5.34. The number of esters is 2. The zero-order chi connectivity index (χ0) is 38.9. The monoisotopic (exact) mass is 766 g/mol. The predicted octanol–water partition coefficient (Wildman–Crippen LogP) is 11.7. The molecule has 0 aromatic heterocycles. The Bertz CT molecular complexity index is 1050. The zero-order valence-electron chi connectivity index (χ0n) is 33.5. The summed E-state index contributed by atoms with van der Waals surface area (Å²) in [5, 5.41) is 0. The maximum Gasteiger partial charge on any atom is 0.472 e. The Labute approximate surface area is 323 Å². The van der Waals surface area contributed by atoms with Gasteiger partial charge in [0.1, 0.15) is 6.61 Å². The predicted molar refractivity (Wildman–Crippen MR) is 219 cm³/mol. The smallest absolute Gasteiger partial charge is 0.462 e. The molecule has 0 aliphatic rings. The Hall–Kier alpha value is -2.29. The highest BCUT2D eigenvalue weighted by Crippen LogP contribution is 2.43. The second kappa shape index (κ2) is 39.4. The van der Waals surface area contributed by atoms with E-state index in [2.05, 4.69) is 68.5 Å². The fourth-order valence-corrected chi connectivity index (χ4v) is 6.03. The van der Waals surface area contributed by atoms with Gasteiger partial charge in [0.15, 0.2) is 6.10 Å². The standard InChI is InChI=1S/C43H76NO8P/c1-3-5-7-9-11-13-15-17-19-20-22-23-25-27-29-31-33-35-42(45)49-39-41(40-51-53(47,48)50-38-37-44)52-43(46)36-34-32-30-28-26-24-21-18-16-14-12-10-8-6-4-2/h11,13,17-19,21-23,27,29,41H,3-10,12,14-16,20,24-26,28,30-40,44H2,1-2H3,(H,47,48)/b13-11-,19-17-,21-18-,23-22-,29-27-/t41-/m1/s1. The van der Waals surface area contributed by atoms with Crippen LogP contribution in [0, 0.1) is 0 Å². The minimum atomic E-state index is -4.39. The van der Waals surface area contributed by atoms with E-state index in [4.69, 9.17) is 24.3 Å². The lowest BCUT2D eigenvalue weighted by Crippen LogP contribution is -2.29. The van der Waals surface area contributed by atoms with Gasteiger partial charge in [0.2, 0.25) is 0 Å². The van der Waals surface area contributed by atoms with Gasteiger partial charge in [-0.15, -0.1) is 0 Å². The summed E-state index contributed by atoms with van der Waals surface area (Å²) >= 11 is 0. The van der Waals surface area contributed by atoms with Gasteiger partial charge in [-0.1, -0.05) is 139 Å². The molecule has 0 heterocycles. The summed E-state index contributed by atoms with van der Waals surface area (Å²) in [5.74, 6) is -0.908. The molecule has 0 spiro atoms. The third-order valence-electron chi connectivity index (χ3n) is 8.38. The van der Waals surface area contributed by atoms with Crippen molar-refractivity contribution in [1.29, 1.82) is 0 Å². The van der Waals surface area contributed by atoms with Crippen LogP contribution in [0.15, 0.2) is 60.8 Å². The number of unbranched alkanes of at least 4 members (excludes halogenated alkanes) is 15. The van der Waals surface area contributed by atoms with Crippen LogP contribution in [0.2, 0.25) is 0 Å². The summed E-state index contributed by atoms with van der Waals surface area (Å²) in [4.78, 5) is 34.8. The molecule has 53 heavy (non-hydrogen) atoms. The molecule has 3 N–H and O–H groups in total. The highest BCUT2D eigenvalue weighted by atomic mass is 31.2. The number of carbonyl (C=O) groups excluding carboxylic acids is 2. The summed E-state index contributed by atoms with van der Waals surface area (Å²) < 4.78 is 32.7. The van der Waals surface area contributed by atoms with Gasteiger partial charge in [-0.2, -0.15) is 0 Å². The van der Waals surface area contributed by atoms with E-state index in [-0.39, 0.29) is 32.6 Å². The van der Waals surface area contributed by atoms with E-state index in [0.717, 1.165) is 57.8 Å². The molecule has 0 rings (SSSR count). The van der Waals surface area contributed by atoms with E-state index < -0.39 is 32.5 Å². The number of hydrogen-bond acceptors (Lipinski definition) is 8. The highest BCUT2D eigenvalue weighted by Gasteiger charge is 2.25. The fraction of sp³-hybridized carbons (Fsp3) is 0.721. The molecule has 10 heteroatoms. The third-order valence-corrected chi connectivity index (χ3v) is 9.36. The summed E-state index contributed by atoms with van der Waals surface area (Å²) in [6, 6.07) is 0. The van der Waals surface area contributed by atoms with Crippen molar-refractivity contribution in [2.45, 2.75) is 174 Å². The van der Waals surface area contributed by atoms with Crippen LogP contribution in [-0.2, 0) is 32.7 Å². The number of carbonyl (C=O) groups is 2. The first-order valence-electron chi connectivity index (χ1n) is 20.8. The fourth-order valence-electron chi connectivity index (χ4n) is 5.27. The van der Waals surface area contributed by atoms with E-state index in [1.165, 1.54) is 70.6 Å². The van der Waals surface area contributed by atoms with E-state index in [9.17, 15) is 19.0 Å². The Morgan fingerprint density at radius 2 is 1.00 bits per heavy atom. The average Bonchev–Trinajstić information content (AvgIpc) is 3.14. The van der Waals surface area contributed by atoms with Gasteiger partial charge in [-0.05, 0) is 77.0 Å². The van der Waals surface area contributed by atoms with Crippen LogP contribution in [0.4, 0.5) is 0 Å². The Balaban J connectivity index is 4.30. The zero-order valence-corrected chi connectivity index (χ0v) is 34.4. The molecule has 1 unspecified atom stereocenters. The molecule has 306 valence electrons. The average molecular weight is 766 g/mol. The molecule has 0 aliphatic carbocycles. The number of nitrogens with two attached hydrogens (primary N) is 1. The number of phosphoric acid groups is 1. The molecule has 0 fully saturated rings. The van der Waals surface area contributed by atoms with Gasteiger partial charge >= 0.3 is 19.8 Å². The van der Waals surface area contributed by atoms with Crippen LogP contribution in [0.25, 0.3) is 0 Å². The highest BCUT2D eigenvalue weighted by molar-refractivity contribution is 7.47. The maximum atomic E-state index is 12.5. The first-order chi connectivity index (χ1) is 25.8. The van der Waals surface area contributed by atoms with Gasteiger partial charge in [0, 0.05) is 19.4 Å². The van der Waals surface area contributed by atoms with Crippen molar-refractivity contribution in [3.63, 3.8) is 0 Å². The number of hydrogen-bond donors (Lipinski definition) is 2. The molecule has 0 aromatic carbocycles.